The SMILES string of the molecule is C#CCOC(=O)N1CC[C@@H](CN2CCC3(CC2)CN(C(C)=O)c2cccc(C)c23)C1.[HH]. The zero-order valence-electron chi connectivity index (χ0n) is 18.0. The van der Waals surface area contributed by atoms with Crippen LogP contribution in [0.5, 0.6) is 0 Å². The molecule has 1 aromatic carbocycles. The van der Waals surface area contributed by atoms with E-state index < -0.39 is 0 Å². The Morgan fingerprint density at radius 2 is 2.07 bits per heavy atom. The van der Waals surface area contributed by atoms with E-state index in [2.05, 4.69) is 35.9 Å². The molecule has 1 aromatic rings. The zero-order chi connectivity index (χ0) is 21.3. The summed E-state index contributed by atoms with van der Waals surface area (Å²) in [5.74, 6) is 2.95. The summed E-state index contributed by atoms with van der Waals surface area (Å²) in [6.45, 7) is 9.21. The van der Waals surface area contributed by atoms with Crippen LogP contribution in [0, 0.1) is 25.2 Å². The highest BCUT2D eigenvalue weighted by Gasteiger charge is 2.46. The summed E-state index contributed by atoms with van der Waals surface area (Å²) in [4.78, 5) is 30.5. The third-order valence-corrected chi connectivity index (χ3v) is 7.07. The minimum absolute atomic E-state index is 0. The zero-order valence-corrected chi connectivity index (χ0v) is 18.0. The monoisotopic (exact) mass is 411 g/mol. The predicted octanol–water partition coefficient (Wildman–Crippen LogP) is 3.03. The van der Waals surface area contributed by atoms with E-state index in [1.165, 1.54) is 11.1 Å². The molecule has 0 aliphatic carbocycles. The number of piperidine rings is 1. The summed E-state index contributed by atoms with van der Waals surface area (Å²) >= 11 is 0. The van der Waals surface area contributed by atoms with Gasteiger partial charge in [-0.05, 0) is 62.4 Å². The van der Waals surface area contributed by atoms with Crippen LogP contribution in [-0.4, -0.2) is 67.7 Å². The Morgan fingerprint density at radius 3 is 2.77 bits per heavy atom. The number of carbonyl (C=O) groups excluding carboxylic acids is 2. The third-order valence-electron chi connectivity index (χ3n) is 7.07. The Labute approximate surface area is 180 Å². The van der Waals surface area contributed by atoms with E-state index in [1.807, 2.05) is 4.90 Å². The van der Waals surface area contributed by atoms with Gasteiger partial charge in [-0.25, -0.2) is 4.79 Å². The van der Waals surface area contributed by atoms with Gasteiger partial charge in [0, 0.05) is 45.6 Å². The van der Waals surface area contributed by atoms with Gasteiger partial charge in [0.15, 0.2) is 6.61 Å². The molecular weight excluding hydrogens is 378 g/mol. The summed E-state index contributed by atoms with van der Waals surface area (Å²) in [6.07, 6.45) is 8.01. The maximum absolute atomic E-state index is 12.3. The van der Waals surface area contributed by atoms with Crippen LogP contribution in [0.15, 0.2) is 18.2 Å². The largest absolute Gasteiger partial charge is 0.436 e. The first kappa shape index (κ1) is 20.7. The second-order valence-corrected chi connectivity index (χ2v) is 9.01. The molecule has 6 heteroatoms. The van der Waals surface area contributed by atoms with Gasteiger partial charge >= 0.3 is 6.09 Å². The van der Waals surface area contributed by atoms with Gasteiger partial charge in [0.1, 0.15) is 0 Å². The lowest BCUT2D eigenvalue weighted by atomic mass is 9.72. The normalized spacial score (nSPS) is 22.8. The first-order chi connectivity index (χ1) is 14.4. The minimum atomic E-state index is -0.296. The molecule has 1 spiro atoms. The van der Waals surface area contributed by atoms with E-state index in [4.69, 9.17) is 11.2 Å². The molecule has 3 aliphatic rings. The van der Waals surface area contributed by atoms with Gasteiger partial charge in [0.25, 0.3) is 0 Å². The predicted molar refractivity (Wildman–Crippen MR) is 119 cm³/mol. The topological polar surface area (TPSA) is 53.1 Å². The maximum Gasteiger partial charge on any atom is 0.410 e. The number of nitrogens with zero attached hydrogens (tertiary/aromatic N) is 3. The molecular formula is C24H33N3O3. The van der Waals surface area contributed by atoms with E-state index in [1.54, 1.807) is 11.8 Å². The molecule has 2 amide bonds. The first-order valence-corrected chi connectivity index (χ1v) is 10.9. The summed E-state index contributed by atoms with van der Waals surface area (Å²) in [5, 5.41) is 0. The van der Waals surface area contributed by atoms with Crippen molar-refractivity contribution in [3.63, 3.8) is 0 Å². The van der Waals surface area contributed by atoms with Crippen molar-refractivity contribution < 1.29 is 15.8 Å². The number of carbonyl (C=O) groups is 2. The second-order valence-electron chi connectivity index (χ2n) is 9.01. The number of likely N-dealkylation sites (tertiary alicyclic amines) is 2. The number of rotatable bonds is 3. The third kappa shape index (κ3) is 3.79. The summed E-state index contributed by atoms with van der Waals surface area (Å²) in [7, 11) is 0. The number of anilines is 1. The number of ether oxygens (including phenoxy) is 1. The van der Waals surface area contributed by atoms with E-state index in [-0.39, 0.29) is 25.4 Å². The van der Waals surface area contributed by atoms with Crippen molar-refractivity contribution in [2.75, 3.05) is 50.8 Å². The molecule has 6 nitrogen and oxygen atoms in total. The quantitative estimate of drug-likeness (QED) is 0.718. The number of aryl methyl sites for hydroxylation is 1. The van der Waals surface area contributed by atoms with Crippen LogP contribution in [0.1, 0.15) is 38.7 Å². The fourth-order valence-corrected chi connectivity index (χ4v) is 5.59. The smallest absolute Gasteiger partial charge is 0.410 e. The number of amides is 2. The van der Waals surface area contributed by atoms with Crippen LogP contribution in [0.2, 0.25) is 0 Å². The van der Waals surface area contributed by atoms with Gasteiger partial charge in [-0.1, -0.05) is 18.1 Å². The van der Waals surface area contributed by atoms with Crippen molar-refractivity contribution in [2.24, 2.45) is 5.92 Å². The molecule has 3 aliphatic heterocycles. The average molecular weight is 412 g/mol. The Morgan fingerprint density at radius 1 is 1.30 bits per heavy atom. The molecule has 30 heavy (non-hydrogen) atoms. The van der Waals surface area contributed by atoms with Crippen molar-refractivity contribution in [3.8, 4) is 12.3 Å². The Kier molecular flexibility index (Phi) is 5.75. The average Bonchev–Trinajstić information content (AvgIpc) is 3.32. The molecule has 3 heterocycles. The van der Waals surface area contributed by atoms with Crippen LogP contribution in [-0.2, 0) is 14.9 Å². The highest BCUT2D eigenvalue weighted by atomic mass is 16.6. The van der Waals surface area contributed by atoms with Crippen molar-refractivity contribution >= 4 is 17.7 Å². The number of fused-ring (bicyclic) bond motifs is 2. The molecule has 2 fully saturated rings. The van der Waals surface area contributed by atoms with E-state index in [9.17, 15) is 9.59 Å². The van der Waals surface area contributed by atoms with Crippen LogP contribution in [0.25, 0.3) is 0 Å². The number of terminal acetylenes is 1. The van der Waals surface area contributed by atoms with Crippen molar-refractivity contribution in [3.05, 3.63) is 29.3 Å². The number of hydrogen-bond acceptors (Lipinski definition) is 4. The van der Waals surface area contributed by atoms with Gasteiger partial charge in [0.05, 0.1) is 0 Å². The summed E-state index contributed by atoms with van der Waals surface area (Å²) < 4.78 is 5.06. The van der Waals surface area contributed by atoms with Gasteiger partial charge in [-0.15, -0.1) is 6.42 Å². The lowest BCUT2D eigenvalue weighted by Gasteiger charge is -2.41. The Bertz CT molecular complexity index is 873. The minimum Gasteiger partial charge on any atom is -0.436 e. The summed E-state index contributed by atoms with van der Waals surface area (Å²) in [6, 6.07) is 6.32. The van der Waals surface area contributed by atoms with Crippen molar-refractivity contribution in [1.82, 2.24) is 9.80 Å². The van der Waals surface area contributed by atoms with Gasteiger partial charge in [-0.3, -0.25) is 4.79 Å². The summed E-state index contributed by atoms with van der Waals surface area (Å²) in [5.41, 5.74) is 3.85. The molecule has 1 atom stereocenters. The van der Waals surface area contributed by atoms with Gasteiger partial charge < -0.3 is 19.4 Å². The van der Waals surface area contributed by atoms with Gasteiger partial charge in [-0.2, -0.15) is 0 Å². The molecule has 0 aromatic heterocycles. The molecule has 0 unspecified atom stereocenters. The Hall–Kier alpha value is -2.52. The maximum atomic E-state index is 12.3. The van der Waals surface area contributed by atoms with Crippen LogP contribution >= 0.6 is 0 Å². The molecule has 0 N–H and O–H groups in total. The van der Waals surface area contributed by atoms with E-state index >= 15 is 0 Å². The molecule has 0 saturated carbocycles. The van der Waals surface area contributed by atoms with E-state index in [0.717, 1.165) is 64.2 Å². The van der Waals surface area contributed by atoms with Crippen molar-refractivity contribution in [1.29, 1.82) is 0 Å². The standard InChI is InChI=1S/C24H31N3O3.H2/c1-4-14-30-23(29)26-11-8-20(16-26)15-25-12-9-24(10-13-25)17-27(19(3)28)21-7-5-6-18(2)22(21)24;/h1,5-7,20H,8-17H2,2-3H3;1H/t20-;/m0./s1. The lowest BCUT2D eigenvalue weighted by molar-refractivity contribution is -0.116. The lowest BCUT2D eigenvalue weighted by Crippen LogP contribution is -2.47. The van der Waals surface area contributed by atoms with E-state index in [0.29, 0.717) is 5.92 Å². The van der Waals surface area contributed by atoms with Crippen LogP contribution < -0.4 is 4.90 Å². The number of benzene rings is 1. The van der Waals surface area contributed by atoms with Crippen LogP contribution in [0.3, 0.4) is 0 Å². The Balaban J connectivity index is 0.00000272. The molecule has 162 valence electrons. The van der Waals surface area contributed by atoms with Crippen LogP contribution in [0.4, 0.5) is 10.5 Å². The fraction of sp³-hybridized carbons (Fsp3) is 0.583. The highest BCUT2D eigenvalue weighted by Crippen LogP contribution is 2.48. The highest BCUT2D eigenvalue weighted by molar-refractivity contribution is 5.95. The van der Waals surface area contributed by atoms with Crippen molar-refractivity contribution in [2.45, 2.75) is 38.5 Å². The second kappa shape index (κ2) is 8.31. The fourth-order valence-electron chi connectivity index (χ4n) is 5.59. The molecule has 0 bridgehead atoms. The first-order valence-electron chi connectivity index (χ1n) is 10.9. The number of hydrogen-bond donors (Lipinski definition) is 0. The molecule has 0 radical (unpaired) electrons. The molecule has 2 saturated heterocycles. The van der Waals surface area contributed by atoms with Gasteiger partial charge in [0.2, 0.25) is 5.91 Å². The molecule has 4 rings (SSSR count).